The molecule has 4 rings (SSSR count). The van der Waals surface area contributed by atoms with Gasteiger partial charge < -0.3 is 24.8 Å². The number of carbonyl (C=O) groups is 3. The third-order valence-electron chi connectivity index (χ3n) is 7.81. The molecule has 0 aliphatic carbocycles. The second-order valence-corrected chi connectivity index (χ2v) is 9.87. The van der Waals surface area contributed by atoms with Crippen LogP contribution in [0.2, 0.25) is 0 Å². The zero-order valence-corrected chi connectivity index (χ0v) is 20.0. The molecule has 0 saturated carbocycles. The van der Waals surface area contributed by atoms with E-state index in [2.05, 4.69) is 5.32 Å². The van der Waals surface area contributed by atoms with Gasteiger partial charge in [0, 0.05) is 18.8 Å². The number of benzene rings is 1. The van der Waals surface area contributed by atoms with Gasteiger partial charge in [0.05, 0.1) is 18.1 Å². The molecule has 3 saturated heterocycles. The molecule has 33 heavy (non-hydrogen) atoms. The average molecular weight is 459 g/mol. The fraction of sp³-hybridized carbons (Fsp3) is 0.640. The number of hydrogen-bond acceptors (Lipinski definition) is 6. The summed E-state index contributed by atoms with van der Waals surface area (Å²) in [5, 5.41) is 12.4. The summed E-state index contributed by atoms with van der Waals surface area (Å²) in [4.78, 5) is 42.0. The fourth-order valence-electron chi connectivity index (χ4n) is 6.18. The highest BCUT2D eigenvalue weighted by molar-refractivity contribution is 6.03. The van der Waals surface area contributed by atoms with Crippen LogP contribution in [0.15, 0.2) is 18.2 Å². The summed E-state index contributed by atoms with van der Waals surface area (Å²) in [6, 6.07) is 4.91. The molecule has 8 nitrogen and oxygen atoms in total. The van der Waals surface area contributed by atoms with E-state index in [9.17, 15) is 19.5 Å². The number of nitrogens with one attached hydrogen (secondary N) is 1. The molecule has 3 heterocycles. The van der Waals surface area contributed by atoms with E-state index in [-0.39, 0.29) is 37.5 Å². The largest absolute Gasteiger partial charge is 0.466 e. The molecule has 8 heteroatoms. The minimum atomic E-state index is -1.11. The predicted octanol–water partition coefficient (Wildman–Crippen LogP) is 2.20. The third-order valence-corrected chi connectivity index (χ3v) is 7.81. The van der Waals surface area contributed by atoms with Gasteiger partial charge in [-0.3, -0.25) is 14.4 Å². The maximum Gasteiger partial charge on any atom is 0.312 e. The molecule has 3 aliphatic rings. The highest BCUT2D eigenvalue weighted by Gasteiger charge is 2.80. The first-order valence-electron chi connectivity index (χ1n) is 11.8. The Kier molecular flexibility index (Phi) is 6.03. The number of likely N-dealkylation sites (tertiary alicyclic amines) is 1. The van der Waals surface area contributed by atoms with Crippen molar-refractivity contribution in [1.82, 2.24) is 4.90 Å². The summed E-state index contributed by atoms with van der Waals surface area (Å²) in [7, 11) is 0. The number of ether oxygens (including phenoxy) is 2. The van der Waals surface area contributed by atoms with Crippen molar-refractivity contribution in [3.8, 4) is 0 Å². The van der Waals surface area contributed by atoms with Crippen LogP contribution in [0, 0.1) is 31.6 Å². The highest BCUT2D eigenvalue weighted by Crippen LogP contribution is 2.65. The molecule has 1 aromatic rings. The molecule has 3 fully saturated rings. The first-order chi connectivity index (χ1) is 15.6. The molecular formula is C25H34N2O6. The average Bonchev–Trinajstić information content (AvgIpc) is 3.26. The van der Waals surface area contributed by atoms with Gasteiger partial charge in [-0.15, -0.1) is 0 Å². The Labute approximate surface area is 194 Å². The number of anilines is 1. The number of fused-ring (bicyclic) bond motifs is 1. The van der Waals surface area contributed by atoms with E-state index in [4.69, 9.17) is 9.47 Å². The topological polar surface area (TPSA) is 105 Å². The van der Waals surface area contributed by atoms with E-state index in [0.29, 0.717) is 18.5 Å². The molecule has 0 aromatic heterocycles. The zero-order valence-electron chi connectivity index (χ0n) is 20.0. The molecule has 2 bridgehead atoms. The quantitative estimate of drug-likeness (QED) is 0.607. The summed E-state index contributed by atoms with van der Waals surface area (Å²) in [5.41, 5.74) is 0.611. The molecule has 0 radical (unpaired) electrons. The smallest absolute Gasteiger partial charge is 0.312 e. The van der Waals surface area contributed by atoms with Crippen LogP contribution in [0.4, 0.5) is 5.69 Å². The minimum absolute atomic E-state index is 0.0373. The standard InChI is InChI=1S/C25H34N2O6/c1-6-32-23(31)19-18-22(30)27(10-7-11-28)20(25(18)13-16(4)24(19,5)33-25)21(29)26-17-12-14(2)8-9-15(17)3/h8-9,12,16,18-20,28H,6-7,10-11,13H2,1-5H3,(H,26,29)/t16?,18-,19+,20?,24-,25?/m0/s1. The number of nitrogens with zero attached hydrogens (tertiary/aromatic N) is 1. The molecule has 2 amide bonds. The molecule has 3 unspecified atom stereocenters. The number of hydrogen-bond donors (Lipinski definition) is 2. The lowest BCUT2D eigenvalue weighted by Crippen LogP contribution is -2.54. The molecule has 1 spiro atoms. The van der Waals surface area contributed by atoms with Gasteiger partial charge in [-0.2, -0.15) is 0 Å². The van der Waals surface area contributed by atoms with Crippen LogP contribution in [-0.4, -0.2) is 64.8 Å². The van der Waals surface area contributed by atoms with Crippen LogP contribution in [0.3, 0.4) is 0 Å². The Morgan fingerprint density at radius 2 is 2.06 bits per heavy atom. The Morgan fingerprint density at radius 1 is 1.33 bits per heavy atom. The van der Waals surface area contributed by atoms with E-state index >= 15 is 0 Å². The summed E-state index contributed by atoms with van der Waals surface area (Å²) in [6.07, 6.45) is 0.828. The molecule has 6 atom stereocenters. The van der Waals surface area contributed by atoms with Crippen molar-refractivity contribution in [3.63, 3.8) is 0 Å². The van der Waals surface area contributed by atoms with Crippen molar-refractivity contribution >= 4 is 23.5 Å². The van der Waals surface area contributed by atoms with Gasteiger partial charge in [-0.1, -0.05) is 19.1 Å². The summed E-state index contributed by atoms with van der Waals surface area (Å²) >= 11 is 0. The van der Waals surface area contributed by atoms with Gasteiger partial charge >= 0.3 is 5.97 Å². The van der Waals surface area contributed by atoms with E-state index in [1.54, 1.807) is 6.92 Å². The molecule has 2 N–H and O–H groups in total. The van der Waals surface area contributed by atoms with Crippen molar-refractivity contribution in [2.24, 2.45) is 17.8 Å². The Bertz CT molecular complexity index is 980. The number of aliphatic hydroxyl groups is 1. The minimum Gasteiger partial charge on any atom is -0.466 e. The molecule has 3 aliphatic heterocycles. The number of esters is 1. The maximum absolute atomic E-state index is 13.8. The third kappa shape index (κ3) is 3.46. The molecule has 180 valence electrons. The van der Waals surface area contributed by atoms with Crippen LogP contribution in [-0.2, 0) is 23.9 Å². The van der Waals surface area contributed by atoms with Gasteiger partial charge in [0.2, 0.25) is 11.8 Å². The first kappa shape index (κ1) is 23.7. The predicted molar refractivity (Wildman–Crippen MR) is 121 cm³/mol. The van der Waals surface area contributed by atoms with Gasteiger partial charge in [0.25, 0.3) is 0 Å². The van der Waals surface area contributed by atoms with Crippen LogP contribution < -0.4 is 5.32 Å². The Morgan fingerprint density at radius 3 is 2.73 bits per heavy atom. The van der Waals surface area contributed by atoms with Gasteiger partial charge in [0.15, 0.2) is 0 Å². The van der Waals surface area contributed by atoms with Gasteiger partial charge in [-0.05, 0) is 63.6 Å². The lowest BCUT2D eigenvalue weighted by atomic mass is 9.62. The van der Waals surface area contributed by atoms with Gasteiger partial charge in [0.1, 0.15) is 17.6 Å². The van der Waals surface area contributed by atoms with E-state index in [0.717, 1.165) is 11.1 Å². The zero-order chi connectivity index (χ0) is 24.1. The fourth-order valence-corrected chi connectivity index (χ4v) is 6.18. The van der Waals surface area contributed by atoms with Crippen LogP contribution >= 0.6 is 0 Å². The van der Waals surface area contributed by atoms with Crippen LogP contribution in [0.5, 0.6) is 0 Å². The van der Waals surface area contributed by atoms with Crippen molar-refractivity contribution in [3.05, 3.63) is 29.3 Å². The number of aryl methyl sites for hydroxylation is 2. The first-order valence-corrected chi connectivity index (χ1v) is 11.8. The van der Waals surface area contributed by atoms with Crippen LogP contribution in [0.1, 0.15) is 44.7 Å². The van der Waals surface area contributed by atoms with Crippen molar-refractivity contribution in [1.29, 1.82) is 0 Å². The van der Waals surface area contributed by atoms with E-state index < -0.39 is 35.0 Å². The monoisotopic (exact) mass is 458 g/mol. The van der Waals surface area contributed by atoms with Crippen LogP contribution in [0.25, 0.3) is 0 Å². The number of rotatable bonds is 7. The maximum atomic E-state index is 13.8. The second kappa shape index (κ2) is 8.40. The Balaban J connectivity index is 1.76. The molecule has 1 aromatic carbocycles. The lowest BCUT2D eigenvalue weighted by molar-refractivity contribution is -0.160. The number of amides is 2. The SMILES string of the molecule is CCOC(=O)[C@H]1[C@H]2C(=O)N(CCCO)C(C(=O)Nc3cc(C)ccc3C)C23CC(C)[C@]1(C)O3. The number of carbonyl (C=O) groups excluding carboxylic acids is 3. The summed E-state index contributed by atoms with van der Waals surface area (Å²) in [5.74, 6) is -2.67. The lowest BCUT2D eigenvalue weighted by Gasteiger charge is -2.35. The highest BCUT2D eigenvalue weighted by atomic mass is 16.6. The van der Waals surface area contributed by atoms with E-state index in [1.807, 2.05) is 45.9 Å². The van der Waals surface area contributed by atoms with E-state index in [1.165, 1.54) is 4.90 Å². The normalized spacial score (nSPS) is 34.5. The van der Waals surface area contributed by atoms with Crippen molar-refractivity contribution < 1.29 is 29.0 Å². The van der Waals surface area contributed by atoms with Gasteiger partial charge in [-0.25, -0.2) is 0 Å². The summed E-state index contributed by atoms with van der Waals surface area (Å²) < 4.78 is 11.9. The Hall–Kier alpha value is -2.45. The van der Waals surface area contributed by atoms with Crippen molar-refractivity contribution in [2.45, 2.75) is 64.7 Å². The molecular weight excluding hydrogens is 424 g/mol. The number of aliphatic hydroxyl groups excluding tert-OH is 1. The van der Waals surface area contributed by atoms with Crippen molar-refractivity contribution in [2.75, 3.05) is 25.1 Å². The summed E-state index contributed by atoms with van der Waals surface area (Å²) in [6.45, 7) is 9.76. The second-order valence-electron chi connectivity index (χ2n) is 9.87.